The van der Waals surface area contributed by atoms with Gasteiger partial charge in [0.15, 0.2) is 5.13 Å². The number of anilines is 1. The van der Waals surface area contributed by atoms with E-state index in [-0.39, 0.29) is 24.1 Å². The van der Waals surface area contributed by atoms with E-state index in [9.17, 15) is 9.18 Å². The highest BCUT2D eigenvalue weighted by molar-refractivity contribution is 7.22. The molecule has 0 saturated carbocycles. The largest absolute Gasteiger partial charge is 0.379 e. The normalized spacial score (nSPS) is 14.4. The third-order valence-electron chi connectivity index (χ3n) is 5.05. The lowest BCUT2D eigenvalue weighted by molar-refractivity contribution is -0.118. The number of rotatable bonds is 7. The van der Waals surface area contributed by atoms with Gasteiger partial charge in [-0.05, 0) is 24.1 Å². The van der Waals surface area contributed by atoms with Gasteiger partial charge in [-0.3, -0.25) is 14.6 Å². The maximum absolute atomic E-state index is 14.1. The predicted octanol–water partition coefficient (Wildman–Crippen LogP) is 4.16. The number of benzene rings is 2. The lowest BCUT2D eigenvalue weighted by Gasteiger charge is -2.27. The van der Waals surface area contributed by atoms with Crippen LogP contribution < -0.4 is 4.90 Å². The van der Waals surface area contributed by atoms with E-state index >= 15 is 0 Å². The van der Waals surface area contributed by atoms with Crippen LogP contribution in [0.1, 0.15) is 12.0 Å². The van der Waals surface area contributed by atoms with E-state index in [2.05, 4.69) is 9.88 Å². The first-order chi connectivity index (χ1) is 14.2. The maximum Gasteiger partial charge on any atom is 0.233 e. The molecule has 1 fully saturated rings. The van der Waals surface area contributed by atoms with E-state index in [1.54, 1.807) is 11.0 Å². The summed E-state index contributed by atoms with van der Waals surface area (Å²) in [5, 5.41) is 0.563. The van der Waals surface area contributed by atoms with Crippen molar-refractivity contribution in [2.45, 2.75) is 12.8 Å². The topological polar surface area (TPSA) is 45.7 Å². The summed E-state index contributed by atoms with van der Waals surface area (Å²) in [6.45, 7) is 4.82. The monoisotopic (exact) mass is 449 g/mol. The predicted molar refractivity (Wildman–Crippen MR) is 121 cm³/mol. The quantitative estimate of drug-likeness (QED) is 0.543. The second-order valence-electron chi connectivity index (χ2n) is 7.10. The molecule has 1 aromatic heterocycles. The molecule has 5 nitrogen and oxygen atoms in total. The number of hydrogen-bond donors (Lipinski definition) is 0. The molecule has 0 unspecified atom stereocenters. The highest BCUT2D eigenvalue weighted by Crippen LogP contribution is 2.30. The summed E-state index contributed by atoms with van der Waals surface area (Å²) >= 11 is 1.36. The summed E-state index contributed by atoms with van der Waals surface area (Å²) in [4.78, 5) is 21.6. The number of thiazole rings is 1. The zero-order chi connectivity index (χ0) is 20.1. The number of halogens is 2. The van der Waals surface area contributed by atoms with Gasteiger partial charge < -0.3 is 4.74 Å². The fourth-order valence-electron chi connectivity index (χ4n) is 3.49. The van der Waals surface area contributed by atoms with Crippen molar-refractivity contribution in [3.05, 3.63) is 59.9 Å². The Balaban J connectivity index is 0.00000256. The molecule has 0 spiro atoms. The van der Waals surface area contributed by atoms with Crippen molar-refractivity contribution in [2.24, 2.45) is 0 Å². The van der Waals surface area contributed by atoms with Crippen molar-refractivity contribution >= 4 is 45.0 Å². The van der Waals surface area contributed by atoms with Crippen molar-refractivity contribution in [2.75, 3.05) is 44.3 Å². The molecule has 4 rings (SSSR count). The molecule has 2 heterocycles. The Kier molecular flexibility index (Phi) is 8.16. The number of para-hydroxylation sites is 1. The van der Waals surface area contributed by atoms with Crippen LogP contribution in [-0.4, -0.2) is 55.2 Å². The molecule has 0 atom stereocenters. The Morgan fingerprint density at radius 2 is 1.90 bits per heavy atom. The van der Waals surface area contributed by atoms with Gasteiger partial charge in [0, 0.05) is 26.2 Å². The van der Waals surface area contributed by atoms with Crippen molar-refractivity contribution in [3.63, 3.8) is 0 Å². The second-order valence-corrected chi connectivity index (χ2v) is 8.11. The van der Waals surface area contributed by atoms with E-state index in [0.717, 1.165) is 49.5 Å². The highest BCUT2D eigenvalue weighted by Gasteiger charge is 2.21. The lowest BCUT2D eigenvalue weighted by Crippen LogP contribution is -2.39. The van der Waals surface area contributed by atoms with Crippen molar-refractivity contribution in [3.8, 4) is 0 Å². The van der Waals surface area contributed by atoms with Crippen LogP contribution in [0.2, 0.25) is 0 Å². The molecule has 0 N–H and O–H groups in total. The van der Waals surface area contributed by atoms with Gasteiger partial charge in [-0.2, -0.15) is 0 Å². The van der Waals surface area contributed by atoms with Crippen molar-refractivity contribution in [1.29, 1.82) is 0 Å². The number of nitrogens with zero attached hydrogens (tertiary/aromatic N) is 3. The SMILES string of the molecule is Cl.O=C(Cc1ccccc1)N(CCCN1CCOCC1)c1nc2c(F)cccc2s1. The zero-order valence-electron chi connectivity index (χ0n) is 16.6. The Bertz CT molecular complexity index is 963. The summed E-state index contributed by atoms with van der Waals surface area (Å²) in [5.74, 6) is -0.369. The first kappa shape index (κ1) is 22.6. The number of carbonyl (C=O) groups is 1. The molecule has 1 saturated heterocycles. The van der Waals surface area contributed by atoms with Gasteiger partial charge in [-0.1, -0.05) is 47.7 Å². The third-order valence-corrected chi connectivity index (χ3v) is 6.09. The molecule has 0 radical (unpaired) electrons. The molecule has 2 aromatic carbocycles. The molecule has 160 valence electrons. The fraction of sp³-hybridized carbons (Fsp3) is 0.364. The molecule has 1 amide bonds. The Labute approximate surface area is 185 Å². The number of ether oxygens (including phenoxy) is 1. The van der Waals surface area contributed by atoms with Crippen LogP contribution in [0.3, 0.4) is 0 Å². The van der Waals surface area contributed by atoms with Crippen molar-refractivity contribution in [1.82, 2.24) is 9.88 Å². The fourth-order valence-corrected chi connectivity index (χ4v) is 4.51. The minimum atomic E-state index is -0.353. The molecule has 8 heteroatoms. The smallest absolute Gasteiger partial charge is 0.233 e. The third kappa shape index (κ3) is 5.55. The molecule has 3 aromatic rings. The number of morpholine rings is 1. The Morgan fingerprint density at radius 3 is 2.63 bits per heavy atom. The van der Waals surface area contributed by atoms with Gasteiger partial charge in [0.1, 0.15) is 11.3 Å². The van der Waals surface area contributed by atoms with E-state index in [1.165, 1.54) is 17.4 Å². The van der Waals surface area contributed by atoms with Crippen LogP contribution in [0.25, 0.3) is 10.2 Å². The van der Waals surface area contributed by atoms with Crippen LogP contribution in [0, 0.1) is 5.82 Å². The van der Waals surface area contributed by atoms with Crippen molar-refractivity contribution < 1.29 is 13.9 Å². The minimum Gasteiger partial charge on any atom is -0.379 e. The Hall–Kier alpha value is -2.06. The van der Waals surface area contributed by atoms with Gasteiger partial charge in [0.25, 0.3) is 0 Å². The van der Waals surface area contributed by atoms with Gasteiger partial charge >= 0.3 is 0 Å². The van der Waals surface area contributed by atoms with E-state index in [0.29, 0.717) is 23.6 Å². The summed E-state index contributed by atoms with van der Waals surface area (Å²) in [7, 11) is 0. The van der Waals surface area contributed by atoms with Crippen LogP contribution in [0.15, 0.2) is 48.5 Å². The van der Waals surface area contributed by atoms with Crippen LogP contribution in [-0.2, 0) is 16.0 Å². The molecule has 30 heavy (non-hydrogen) atoms. The molecule has 1 aliphatic heterocycles. The average molecular weight is 450 g/mol. The lowest BCUT2D eigenvalue weighted by atomic mass is 10.1. The summed E-state index contributed by atoms with van der Waals surface area (Å²) in [6.07, 6.45) is 1.13. The van der Waals surface area contributed by atoms with E-state index < -0.39 is 0 Å². The number of aromatic nitrogens is 1. The first-order valence-electron chi connectivity index (χ1n) is 9.90. The standard InChI is InChI=1S/C22H24FN3O2S.ClH/c23-18-8-4-9-19-21(18)24-22(29-19)26(11-5-10-25-12-14-28-15-13-25)20(27)16-17-6-2-1-3-7-17;/h1-4,6-9H,5,10-16H2;1H. The first-order valence-corrected chi connectivity index (χ1v) is 10.7. The molecule has 1 aliphatic rings. The summed E-state index contributed by atoms with van der Waals surface area (Å²) in [6, 6.07) is 14.6. The molecular weight excluding hydrogens is 425 g/mol. The average Bonchev–Trinajstić information content (AvgIpc) is 3.18. The van der Waals surface area contributed by atoms with Crippen LogP contribution in [0.5, 0.6) is 0 Å². The number of carbonyl (C=O) groups excluding carboxylic acids is 1. The van der Waals surface area contributed by atoms with E-state index in [4.69, 9.17) is 4.74 Å². The van der Waals surface area contributed by atoms with Crippen LogP contribution >= 0.6 is 23.7 Å². The van der Waals surface area contributed by atoms with E-state index in [1.807, 2.05) is 36.4 Å². The van der Waals surface area contributed by atoms with Gasteiger partial charge in [-0.25, -0.2) is 9.37 Å². The zero-order valence-corrected chi connectivity index (χ0v) is 18.3. The maximum atomic E-state index is 14.1. The minimum absolute atomic E-state index is 0. The molecule has 0 bridgehead atoms. The summed E-state index contributed by atoms with van der Waals surface area (Å²) in [5.41, 5.74) is 1.29. The number of fused-ring (bicyclic) bond motifs is 1. The van der Waals surface area contributed by atoms with Gasteiger partial charge in [-0.15, -0.1) is 12.4 Å². The Morgan fingerprint density at radius 1 is 1.13 bits per heavy atom. The summed E-state index contributed by atoms with van der Waals surface area (Å²) < 4.78 is 20.3. The number of amides is 1. The van der Waals surface area contributed by atoms with Gasteiger partial charge in [0.2, 0.25) is 5.91 Å². The highest BCUT2D eigenvalue weighted by atomic mass is 35.5. The molecule has 0 aliphatic carbocycles. The second kappa shape index (κ2) is 10.8. The number of hydrogen-bond acceptors (Lipinski definition) is 5. The van der Waals surface area contributed by atoms with Gasteiger partial charge in [0.05, 0.1) is 24.3 Å². The molecular formula is C22H25ClFN3O2S. The van der Waals surface area contributed by atoms with Crippen LogP contribution in [0.4, 0.5) is 9.52 Å².